The Morgan fingerprint density at radius 2 is 2.04 bits per heavy atom. The van der Waals surface area contributed by atoms with Gasteiger partial charge in [0, 0.05) is 19.0 Å². The predicted octanol–water partition coefficient (Wildman–Crippen LogP) is 1.18. The number of piperidine rings is 1. The van der Waals surface area contributed by atoms with Gasteiger partial charge in [-0.3, -0.25) is 14.9 Å². The van der Waals surface area contributed by atoms with Crippen LogP contribution in [0.5, 0.6) is 0 Å². The van der Waals surface area contributed by atoms with Crippen LogP contribution in [0.2, 0.25) is 0 Å². The number of aromatic amines is 1. The second kappa shape index (κ2) is 6.44. The smallest absolute Gasteiger partial charge is 0.322 e. The number of nitrogens with zero attached hydrogens (tertiary/aromatic N) is 2. The highest BCUT2D eigenvalue weighted by Gasteiger charge is 2.34. The lowest BCUT2D eigenvalue weighted by molar-refractivity contribution is -0.134. The fourth-order valence-electron chi connectivity index (χ4n) is 3.65. The minimum atomic E-state index is -0.758. The molecule has 1 atom stereocenters. The Labute approximate surface area is 150 Å². The number of urea groups is 1. The third kappa shape index (κ3) is 3.14. The highest BCUT2D eigenvalue weighted by molar-refractivity contribution is 6.05. The van der Waals surface area contributed by atoms with E-state index >= 15 is 0 Å². The lowest BCUT2D eigenvalue weighted by Gasteiger charge is -2.31. The first-order valence-electron chi connectivity index (χ1n) is 8.85. The van der Waals surface area contributed by atoms with Crippen molar-refractivity contribution in [3.63, 3.8) is 0 Å². The number of aryl methyl sites for hydroxylation is 1. The van der Waals surface area contributed by atoms with Gasteiger partial charge in [-0.1, -0.05) is 6.07 Å². The molecule has 0 spiro atoms. The van der Waals surface area contributed by atoms with Crippen LogP contribution in [0.15, 0.2) is 18.2 Å². The first-order valence-corrected chi connectivity index (χ1v) is 8.85. The molecule has 0 radical (unpaired) electrons. The Hall–Kier alpha value is -2.90. The van der Waals surface area contributed by atoms with Crippen LogP contribution in [0.3, 0.4) is 0 Å². The van der Waals surface area contributed by atoms with Gasteiger partial charge in [-0.05, 0) is 37.5 Å². The van der Waals surface area contributed by atoms with Crippen LogP contribution in [0, 0.1) is 6.92 Å². The number of hydrogen-bond donors (Lipinski definition) is 3. The number of hydrogen-bond acceptors (Lipinski definition) is 4. The molecule has 0 bridgehead atoms. The number of nitrogens with one attached hydrogen (secondary N) is 3. The van der Waals surface area contributed by atoms with Gasteiger partial charge in [0.2, 0.25) is 5.91 Å². The number of carbonyl (C=O) groups excluding carboxylic acids is 3. The summed E-state index contributed by atoms with van der Waals surface area (Å²) in [7, 11) is 0. The number of imidazole rings is 1. The van der Waals surface area contributed by atoms with Crippen molar-refractivity contribution >= 4 is 28.9 Å². The van der Waals surface area contributed by atoms with E-state index in [0.717, 1.165) is 29.7 Å². The summed E-state index contributed by atoms with van der Waals surface area (Å²) >= 11 is 0. The summed E-state index contributed by atoms with van der Waals surface area (Å²) in [5.41, 5.74) is 3.20. The maximum absolute atomic E-state index is 12.4. The van der Waals surface area contributed by atoms with Crippen LogP contribution >= 0.6 is 0 Å². The number of aromatic nitrogens is 2. The second-order valence-electron chi connectivity index (χ2n) is 7.02. The van der Waals surface area contributed by atoms with E-state index in [9.17, 15) is 14.4 Å². The molecule has 8 nitrogen and oxygen atoms in total. The molecule has 26 heavy (non-hydrogen) atoms. The van der Waals surface area contributed by atoms with Gasteiger partial charge in [-0.15, -0.1) is 0 Å². The zero-order chi connectivity index (χ0) is 18.3. The fraction of sp³-hybridized carbons (Fsp3) is 0.444. The van der Waals surface area contributed by atoms with Crippen molar-refractivity contribution in [2.45, 2.75) is 38.1 Å². The number of benzene rings is 1. The van der Waals surface area contributed by atoms with Gasteiger partial charge in [0.25, 0.3) is 5.91 Å². The van der Waals surface area contributed by atoms with Crippen LogP contribution in [0.25, 0.3) is 11.0 Å². The highest BCUT2D eigenvalue weighted by Crippen LogP contribution is 2.28. The van der Waals surface area contributed by atoms with Crippen molar-refractivity contribution in [3.05, 3.63) is 29.6 Å². The van der Waals surface area contributed by atoms with Crippen LogP contribution in [-0.4, -0.2) is 51.8 Å². The monoisotopic (exact) mass is 355 g/mol. The quantitative estimate of drug-likeness (QED) is 0.719. The molecular formula is C18H21N5O3. The summed E-state index contributed by atoms with van der Waals surface area (Å²) in [6.07, 6.45) is 1.66. The van der Waals surface area contributed by atoms with Gasteiger partial charge in [0.05, 0.1) is 17.5 Å². The van der Waals surface area contributed by atoms with Crippen molar-refractivity contribution in [2.24, 2.45) is 0 Å². The first kappa shape index (κ1) is 16.6. The number of rotatable bonds is 3. The van der Waals surface area contributed by atoms with Crippen molar-refractivity contribution in [1.29, 1.82) is 0 Å². The first-order chi connectivity index (χ1) is 12.5. The molecule has 2 aromatic rings. The molecule has 4 amide bonds. The average Bonchev–Trinajstić information content (AvgIpc) is 3.17. The Morgan fingerprint density at radius 3 is 2.73 bits per heavy atom. The minimum absolute atomic E-state index is 0.00611. The van der Waals surface area contributed by atoms with Crippen LogP contribution < -0.4 is 10.6 Å². The third-order valence-electron chi connectivity index (χ3n) is 5.13. The lowest BCUT2D eigenvalue weighted by Crippen LogP contribution is -2.42. The van der Waals surface area contributed by atoms with Gasteiger partial charge in [0.1, 0.15) is 11.9 Å². The van der Waals surface area contributed by atoms with E-state index in [1.54, 1.807) is 4.90 Å². The van der Waals surface area contributed by atoms with Crippen molar-refractivity contribution in [1.82, 2.24) is 25.5 Å². The lowest BCUT2D eigenvalue weighted by atomic mass is 9.95. The summed E-state index contributed by atoms with van der Waals surface area (Å²) in [4.78, 5) is 45.0. The summed E-state index contributed by atoms with van der Waals surface area (Å²) in [5.74, 6) is 0.725. The summed E-state index contributed by atoms with van der Waals surface area (Å²) in [5, 5.41) is 4.61. The standard InChI is InChI=1S/C18H21N5O3/c1-10-2-3-12-13(8-10)20-16(19-12)11-4-6-23(7-5-11)15(24)9-14-17(25)22-18(26)21-14/h2-3,8,11,14H,4-7,9H2,1H3,(H,19,20)(H2,21,22,25,26)/t14-/m1/s1. The Balaban J connectivity index is 1.36. The molecule has 2 saturated heterocycles. The normalized spacial score (nSPS) is 21.1. The molecule has 0 saturated carbocycles. The summed E-state index contributed by atoms with van der Waals surface area (Å²) in [6.45, 7) is 3.31. The summed E-state index contributed by atoms with van der Waals surface area (Å²) < 4.78 is 0. The number of amides is 4. The molecule has 0 unspecified atom stereocenters. The van der Waals surface area contributed by atoms with Gasteiger partial charge in [0.15, 0.2) is 0 Å². The van der Waals surface area contributed by atoms with E-state index in [0.29, 0.717) is 19.0 Å². The van der Waals surface area contributed by atoms with E-state index < -0.39 is 18.0 Å². The Bertz CT molecular complexity index is 882. The molecule has 0 aliphatic carbocycles. The van der Waals surface area contributed by atoms with E-state index in [1.807, 2.05) is 12.1 Å². The molecule has 2 aliphatic rings. The Kier molecular flexibility index (Phi) is 4.10. The SMILES string of the molecule is Cc1ccc2nc(C3CCN(C(=O)C[C@H]4NC(=O)NC4=O)CC3)[nH]c2c1. The molecule has 4 rings (SSSR count). The zero-order valence-electron chi connectivity index (χ0n) is 14.5. The maximum atomic E-state index is 12.4. The van der Waals surface area contributed by atoms with E-state index in [2.05, 4.69) is 33.6 Å². The van der Waals surface area contributed by atoms with Gasteiger partial charge < -0.3 is 15.2 Å². The largest absolute Gasteiger partial charge is 0.343 e. The topological polar surface area (TPSA) is 107 Å². The molecular weight excluding hydrogens is 334 g/mol. The zero-order valence-corrected chi connectivity index (χ0v) is 14.5. The molecule has 8 heteroatoms. The molecule has 2 fully saturated rings. The molecule has 1 aromatic heterocycles. The average molecular weight is 355 g/mol. The van der Waals surface area contributed by atoms with Crippen LogP contribution in [0.4, 0.5) is 4.79 Å². The number of carbonyl (C=O) groups is 3. The van der Waals surface area contributed by atoms with Gasteiger partial charge in [-0.25, -0.2) is 9.78 Å². The maximum Gasteiger partial charge on any atom is 0.322 e. The van der Waals surface area contributed by atoms with E-state index in [4.69, 9.17) is 0 Å². The van der Waals surface area contributed by atoms with Crippen molar-refractivity contribution < 1.29 is 14.4 Å². The number of imide groups is 1. The predicted molar refractivity (Wildman–Crippen MR) is 94.5 cm³/mol. The number of fused-ring (bicyclic) bond motifs is 1. The number of likely N-dealkylation sites (tertiary alicyclic amines) is 1. The van der Waals surface area contributed by atoms with Crippen LogP contribution in [-0.2, 0) is 9.59 Å². The molecule has 1 aromatic carbocycles. The fourth-order valence-corrected chi connectivity index (χ4v) is 3.65. The molecule has 136 valence electrons. The van der Waals surface area contributed by atoms with Crippen molar-refractivity contribution in [3.8, 4) is 0 Å². The molecule has 3 N–H and O–H groups in total. The van der Waals surface area contributed by atoms with Crippen LogP contribution in [0.1, 0.15) is 36.6 Å². The Morgan fingerprint density at radius 1 is 1.27 bits per heavy atom. The van der Waals surface area contributed by atoms with E-state index in [1.165, 1.54) is 5.56 Å². The highest BCUT2D eigenvalue weighted by atomic mass is 16.2. The minimum Gasteiger partial charge on any atom is -0.343 e. The molecule has 2 aliphatic heterocycles. The number of H-pyrrole nitrogens is 1. The van der Waals surface area contributed by atoms with Gasteiger partial charge >= 0.3 is 6.03 Å². The summed E-state index contributed by atoms with van der Waals surface area (Å²) in [6, 6.07) is 4.86. The van der Waals surface area contributed by atoms with Crippen molar-refractivity contribution in [2.75, 3.05) is 13.1 Å². The molecule has 3 heterocycles. The van der Waals surface area contributed by atoms with E-state index in [-0.39, 0.29) is 12.3 Å². The van der Waals surface area contributed by atoms with Gasteiger partial charge in [-0.2, -0.15) is 0 Å². The second-order valence-corrected chi connectivity index (χ2v) is 7.02. The third-order valence-corrected chi connectivity index (χ3v) is 5.13.